The number of hydrogen-bond donors (Lipinski definition) is 2. The molecule has 0 aliphatic rings. The van der Waals surface area contributed by atoms with Crippen LogP contribution >= 0.6 is 0 Å². The molecule has 0 saturated heterocycles. The number of H-pyrrole nitrogens is 1. The van der Waals surface area contributed by atoms with Crippen LogP contribution in [0.5, 0.6) is 0 Å². The average molecular weight is 250 g/mol. The van der Waals surface area contributed by atoms with Gasteiger partial charge < -0.3 is 9.73 Å². The lowest BCUT2D eigenvalue weighted by atomic mass is 9.97. The molecule has 7 heteroatoms. The normalized spacial score (nSPS) is 13.6. The van der Waals surface area contributed by atoms with Crippen molar-refractivity contribution in [1.82, 2.24) is 25.4 Å². The van der Waals surface area contributed by atoms with Gasteiger partial charge in [-0.3, -0.25) is 5.10 Å². The van der Waals surface area contributed by atoms with Gasteiger partial charge in [-0.25, -0.2) is 4.98 Å². The van der Waals surface area contributed by atoms with Gasteiger partial charge in [0.1, 0.15) is 5.82 Å². The highest BCUT2D eigenvalue weighted by Gasteiger charge is 2.22. The minimum atomic E-state index is -0.155. The molecule has 2 N–H and O–H groups in total. The van der Waals surface area contributed by atoms with Crippen molar-refractivity contribution < 1.29 is 4.42 Å². The second-order valence-electron chi connectivity index (χ2n) is 5.31. The van der Waals surface area contributed by atoms with Crippen molar-refractivity contribution >= 4 is 6.01 Å². The predicted molar refractivity (Wildman–Crippen MR) is 66.2 cm³/mol. The number of aryl methyl sites for hydroxylation is 1. The standard InChI is InChI=1S/C11H18N6O/c1-6(8-13-7(2)14-15-8)12-10-17-16-9(18-10)11(3,4)5/h6H,1-5H3,(H,12,17)(H,13,14,15)/t6-/m1/s1. The Balaban J connectivity index is 2.08. The number of nitrogens with one attached hydrogen (secondary N) is 2. The van der Waals surface area contributed by atoms with E-state index in [1.165, 1.54) is 0 Å². The van der Waals surface area contributed by atoms with E-state index in [1.807, 2.05) is 34.6 Å². The van der Waals surface area contributed by atoms with Gasteiger partial charge in [-0.1, -0.05) is 25.9 Å². The molecule has 2 heterocycles. The second-order valence-corrected chi connectivity index (χ2v) is 5.31. The van der Waals surface area contributed by atoms with Crippen molar-refractivity contribution in [3.63, 3.8) is 0 Å². The summed E-state index contributed by atoms with van der Waals surface area (Å²) in [6.45, 7) is 9.85. The predicted octanol–water partition coefficient (Wildman–Crippen LogP) is 1.97. The summed E-state index contributed by atoms with van der Waals surface area (Å²) in [6, 6.07) is 0.290. The van der Waals surface area contributed by atoms with Crippen LogP contribution in [0, 0.1) is 6.92 Å². The first kappa shape index (κ1) is 12.5. The van der Waals surface area contributed by atoms with E-state index in [1.54, 1.807) is 0 Å². The molecule has 0 radical (unpaired) electrons. The van der Waals surface area contributed by atoms with Crippen molar-refractivity contribution in [2.45, 2.75) is 46.1 Å². The van der Waals surface area contributed by atoms with Crippen LogP contribution in [0.3, 0.4) is 0 Å². The second kappa shape index (κ2) is 4.40. The summed E-state index contributed by atoms with van der Waals surface area (Å²) in [6.07, 6.45) is 0. The van der Waals surface area contributed by atoms with Gasteiger partial charge in [0.2, 0.25) is 5.89 Å². The first-order chi connectivity index (χ1) is 8.36. The average Bonchev–Trinajstić information content (AvgIpc) is 2.85. The molecule has 0 aliphatic carbocycles. The van der Waals surface area contributed by atoms with E-state index in [4.69, 9.17) is 4.42 Å². The minimum Gasteiger partial charge on any atom is -0.408 e. The molecule has 0 fully saturated rings. The van der Waals surface area contributed by atoms with Crippen LogP contribution < -0.4 is 5.32 Å². The van der Waals surface area contributed by atoms with E-state index in [9.17, 15) is 0 Å². The summed E-state index contributed by atoms with van der Waals surface area (Å²) in [4.78, 5) is 4.24. The number of rotatable bonds is 3. The zero-order valence-corrected chi connectivity index (χ0v) is 11.3. The van der Waals surface area contributed by atoms with E-state index in [-0.39, 0.29) is 11.5 Å². The molecule has 18 heavy (non-hydrogen) atoms. The molecule has 0 aromatic carbocycles. The molecule has 2 aromatic rings. The molecular formula is C11H18N6O. The molecule has 2 rings (SSSR count). The summed E-state index contributed by atoms with van der Waals surface area (Å²) < 4.78 is 5.55. The summed E-state index contributed by atoms with van der Waals surface area (Å²) in [5, 5.41) is 17.9. The summed E-state index contributed by atoms with van der Waals surface area (Å²) >= 11 is 0. The molecule has 0 unspecified atom stereocenters. The highest BCUT2D eigenvalue weighted by molar-refractivity contribution is 5.22. The molecule has 2 aromatic heterocycles. The van der Waals surface area contributed by atoms with Crippen molar-refractivity contribution in [2.24, 2.45) is 0 Å². The van der Waals surface area contributed by atoms with Crippen LogP contribution in [-0.4, -0.2) is 25.4 Å². The largest absolute Gasteiger partial charge is 0.408 e. The molecule has 0 amide bonds. The Kier molecular flexibility index (Phi) is 3.06. The molecule has 0 spiro atoms. The third-order valence-corrected chi connectivity index (χ3v) is 2.41. The van der Waals surface area contributed by atoms with Crippen LogP contribution in [0.25, 0.3) is 0 Å². The Morgan fingerprint density at radius 2 is 2.00 bits per heavy atom. The molecular weight excluding hydrogens is 232 g/mol. The zero-order valence-electron chi connectivity index (χ0n) is 11.3. The van der Waals surface area contributed by atoms with Gasteiger partial charge >= 0.3 is 6.01 Å². The van der Waals surface area contributed by atoms with Crippen molar-refractivity contribution in [3.8, 4) is 0 Å². The maximum Gasteiger partial charge on any atom is 0.316 e. The van der Waals surface area contributed by atoms with E-state index in [0.29, 0.717) is 17.7 Å². The topological polar surface area (TPSA) is 92.5 Å². The van der Waals surface area contributed by atoms with E-state index < -0.39 is 0 Å². The summed E-state index contributed by atoms with van der Waals surface area (Å²) in [7, 11) is 0. The lowest BCUT2D eigenvalue weighted by molar-refractivity contribution is 0.397. The van der Waals surface area contributed by atoms with Crippen LogP contribution in [0.4, 0.5) is 6.01 Å². The highest BCUT2D eigenvalue weighted by Crippen LogP contribution is 2.23. The van der Waals surface area contributed by atoms with Gasteiger partial charge in [0.05, 0.1) is 6.04 Å². The Hall–Kier alpha value is -1.92. The van der Waals surface area contributed by atoms with E-state index >= 15 is 0 Å². The molecule has 1 atom stereocenters. The molecule has 7 nitrogen and oxygen atoms in total. The van der Waals surface area contributed by atoms with Gasteiger partial charge in [-0.2, -0.15) is 5.10 Å². The number of nitrogens with zero attached hydrogens (tertiary/aromatic N) is 4. The Morgan fingerprint density at radius 3 is 2.50 bits per heavy atom. The highest BCUT2D eigenvalue weighted by atomic mass is 16.4. The van der Waals surface area contributed by atoms with Gasteiger partial charge in [0.15, 0.2) is 5.82 Å². The smallest absolute Gasteiger partial charge is 0.316 e. The van der Waals surface area contributed by atoms with Crippen LogP contribution in [0.1, 0.15) is 51.3 Å². The van der Waals surface area contributed by atoms with Crippen LogP contribution in [0.15, 0.2) is 4.42 Å². The fourth-order valence-electron chi connectivity index (χ4n) is 1.39. The maximum absolute atomic E-state index is 5.55. The molecule has 0 bridgehead atoms. The molecule has 98 valence electrons. The fourth-order valence-corrected chi connectivity index (χ4v) is 1.39. The Labute approximate surface area is 105 Å². The lowest BCUT2D eigenvalue weighted by Gasteiger charge is -2.11. The quantitative estimate of drug-likeness (QED) is 0.865. The van der Waals surface area contributed by atoms with Gasteiger partial charge in [0.25, 0.3) is 0 Å². The van der Waals surface area contributed by atoms with Crippen LogP contribution in [-0.2, 0) is 5.41 Å². The third kappa shape index (κ3) is 2.66. The first-order valence-electron chi connectivity index (χ1n) is 5.85. The van der Waals surface area contributed by atoms with Crippen molar-refractivity contribution in [1.29, 1.82) is 0 Å². The summed E-state index contributed by atoms with van der Waals surface area (Å²) in [5.74, 6) is 2.05. The molecule has 0 aliphatic heterocycles. The van der Waals surface area contributed by atoms with Gasteiger partial charge in [-0.05, 0) is 13.8 Å². The van der Waals surface area contributed by atoms with E-state index in [2.05, 4.69) is 30.7 Å². The Bertz CT molecular complexity index is 524. The maximum atomic E-state index is 5.55. The van der Waals surface area contributed by atoms with Crippen molar-refractivity contribution in [2.75, 3.05) is 5.32 Å². The number of anilines is 1. The van der Waals surface area contributed by atoms with Crippen molar-refractivity contribution in [3.05, 3.63) is 17.5 Å². The van der Waals surface area contributed by atoms with E-state index in [0.717, 1.165) is 5.82 Å². The zero-order chi connectivity index (χ0) is 13.3. The number of aromatic nitrogens is 5. The SMILES string of the molecule is Cc1nc([C@@H](C)Nc2nnc(C(C)(C)C)o2)n[nH]1. The van der Waals surface area contributed by atoms with Gasteiger partial charge in [-0.15, -0.1) is 5.10 Å². The lowest BCUT2D eigenvalue weighted by Crippen LogP contribution is -2.11. The number of aromatic amines is 1. The van der Waals surface area contributed by atoms with Gasteiger partial charge in [0, 0.05) is 5.41 Å². The minimum absolute atomic E-state index is 0.0942. The molecule has 0 saturated carbocycles. The monoisotopic (exact) mass is 250 g/mol. The first-order valence-corrected chi connectivity index (χ1v) is 5.85. The third-order valence-electron chi connectivity index (χ3n) is 2.41. The fraction of sp³-hybridized carbons (Fsp3) is 0.636. The summed E-state index contributed by atoms with van der Waals surface area (Å²) in [5.41, 5.74) is -0.155. The van der Waals surface area contributed by atoms with Crippen LogP contribution in [0.2, 0.25) is 0 Å². The Morgan fingerprint density at radius 1 is 1.28 bits per heavy atom. The number of hydrogen-bond acceptors (Lipinski definition) is 6.